The van der Waals surface area contributed by atoms with Crippen molar-refractivity contribution in [3.05, 3.63) is 0 Å². The molecule has 5 nitrogen and oxygen atoms in total. The molecule has 0 spiro atoms. The summed E-state index contributed by atoms with van der Waals surface area (Å²) in [4.78, 5) is 19.8. The predicted molar refractivity (Wildman–Crippen MR) is 25.7 cm³/mol. The Bertz CT molecular complexity index is 111. The first-order valence-electron chi connectivity index (χ1n) is 2.33. The van der Waals surface area contributed by atoms with E-state index in [0.29, 0.717) is 6.29 Å². The Balaban J connectivity index is 3.38. The molecule has 9 heavy (non-hydrogen) atoms. The number of rotatable bonds is 3. The third-order valence-corrected chi connectivity index (χ3v) is 0.699. The summed E-state index contributed by atoms with van der Waals surface area (Å²) in [6.45, 7) is 0. The number of hydrogen-bond donors (Lipinski definition) is 2. The van der Waals surface area contributed by atoms with Gasteiger partial charge in [0.2, 0.25) is 0 Å². The van der Waals surface area contributed by atoms with Crippen LogP contribution in [0.4, 0.5) is 0 Å². The molecule has 0 heterocycles. The maximum atomic E-state index is 10.2. The van der Waals surface area contributed by atoms with Gasteiger partial charge in [0, 0.05) is 12.8 Å². The number of carbonyl (C=O) groups is 2. The zero-order valence-electron chi connectivity index (χ0n) is 4.65. The van der Waals surface area contributed by atoms with Gasteiger partial charge in [-0.05, 0) is 0 Å². The normalized spacial score (nSPS) is 8.67. The molecule has 5 heteroatoms. The molecular formula is C4H7NO4. The molecule has 0 atom stereocenters. The van der Waals surface area contributed by atoms with E-state index < -0.39 is 11.1 Å². The lowest BCUT2D eigenvalue weighted by atomic mass is 10.3. The van der Waals surface area contributed by atoms with Crippen LogP contribution in [0.5, 0.6) is 0 Å². The Kier molecular flexibility index (Phi) is 3.57. The van der Waals surface area contributed by atoms with Crippen LogP contribution in [0.2, 0.25) is 0 Å². The van der Waals surface area contributed by atoms with Gasteiger partial charge in [0.05, 0.1) is 0 Å². The van der Waals surface area contributed by atoms with E-state index >= 15 is 0 Å². The fraction of sp³-hybridized carbons (Fsp3) is 0.500. The molecule has 1 amide bonds. The Morgan fingerprint density at radius 3 is 2.44 bits per heavy atom. The number of nitrogens with zero attached hydrogens (tertiary/aromatic N) is 1. The van der Waals surface area contributed by atoms with Gasteiger partial charge in [-0.2, -0.15) is 0 Å². The highest BCUT2D eigenvalue weighted by molar-refractivity contribution is 5.76. The highest BCUT2D eigenvalue weighted by atomic mass is 16.8. The van der Waals surface area contributed by atoms with Gasteiger partial charge in [-0.1, -0.05) is 5.23 Å². The molecule has 0 aliphatic heterocycles. The Morgan fingerprint density at radius 1 is 1.56 bits per heavy atom. The van der Waals surface area contributed by atoms with Crippen molar-refractivity contribution >= 4 is 12.2 Å². The molecule has 0 aromatic carbocycles. The summed E-state index contributed by atoms with van der Waals surface area (Å²) in [7, 11) is 0. The van der Waals surface area contributed by atoms with E-state index in [1.807, 2.05) is 0 Å². The van der Waals surface area contributed by atoms with Crippen molar-refractivity contribution in [2.45, 2.75) is 12.8 Å². The second kappa shape index (κ2) is 3.99. The zero-order chi connectivity index (χ0) is 7.28. The summed E-state index contributed by atoms with van der Waals surface area (Å²) in [6.07, 6.45) is 0.369. The standard InChI is InChI=1S/C4H7NO4/c6-3-1-2-4(7)5(8)9/h3,8-9H,1-2H2. The first-order chi connectivity index (χ1) is 4.18. The number of hydroxylamine groups is 2. The van der Waals surface area contributed by atoms with Crippen LogP contribution in [0, 0.1) is 0 Å². The highest BCUT2D eigenvalue weighted by Crippen LogP contribution is 1.88. The van der Waals surface area contributed by atoms with E-state index in [2.05, 4.69) is 0 Å². The van der Waals surface area contributed by atoms with Gasteiger partial charge in [0.15, 0.2) is 0 Å². The lowest BCUT2D eigenvalue weighted by molar-refractivity contribution is -0.285. The molecule has 0 aromatic heterocycles. The van der Waals surface area contributed by atoms with Crippen molar-refractivity contribution in [2.75, 3.05) is 0 Å². The first kappa shape index (κ1) is 8.06. The summed E-state index contributed by atoms with van der Waals surface area (Å²) in [6, 6.07) is 0. The lowest BCUT2D eigenvalue weighted by Gasteiger charge is -2.01. The minimum Gasteiger partial charge on any atom is -0.303 e. The minimum atomic E-state index is -0.887. The first-order valence-corrected chi connectivity index (χ1v) is 2.33. The summed E-state index contributed by atoms with van der Waals surface area (Å²) < 4.78 is 0. The molecule has 2 N–H and O–H groups in total. The van der Waals surface area contributed by atoms with E-state index in [4.69, 9.17) is 10.4 Å². The molecule has 0 fully saturated rings. The van der Waals surface area contributed by atoms with Gasteiger partial charge in [-0.25, -0.2) is 0 Å². The fourth-order valence-corrected chi connectivity index (χ4v) is 0.282. The third-order valence-electron chi connectivity index (χ3n) is 0.699. The maximum absolute atomic E-state index is 10.2. The number of amides is 1. The number of carbonyl (C=O) groups excluding carboxylic acids is 2. The number of hydrogen-bond acceptors (Lipinski definition) is 4. The summed E-state index contributed by atoms with van der Waals surface area (Å²) >= 11 is 0. The second-order valence-corrected chi connectivity index (χ2v) is 1.39. The maximum Gasteiger partial charge on any atom is 0.273 e. The van der Waals surface area contributed by atoms with Crippen molar-refractivity contribution in [1.82, 2.24) is 5.23 Å². The van der Waals surface area contributed by atoms with E-state index in [0.717, 1.165) is 0 Å². The van der Waals surface area contributed by atoms with Crippen molar-refractivity contribution in [3.8, 4) is 0 Å². The summed E-state index contributed by atoms with van der Waals surface area (Å²) in [5.74, 6) is -0.887. The van der Waals surface area contributed by atoms with Crippen molar-refractivity contribution in [1.29, 1.82) is 0 Å². The van der Waals surface area contributed by atoms with Gasteiger partial charge in [-0.15, -0.1) is 0 Å². The van der Waals surface area contributed by atoms with Crippen molar-refractivity contribution in [3.63, 3.8) is 0 Å². The highest BCUT2D eigenvalue weighted by Gasteiger charge is 2.05. The Hall–Kier alpha value is -0.940. The topological polar surface area (TPSA) is 77.8 Å². The van der Waals surface area contributed by atoms with E-state index in [1.54, 1.807) is 0 Å². The monoisotopic (exact) mass is 133 g/mol. The van der Waals surface area contributed by atoms with Crippen molar-refractivity contribution in [2.24, 2.45) is 0 Å². The minimum absolute atomic E-state index is 0.0104. The van der Waals surface area contributed by atoms with E-state index in [1.165, 1.54) is 0 Å². The smallest absolute Gasteiger partial charge is 0.273 e. The van der Waals surface area contributed by atoms with Crippen LogP contribution in [-0.2, 0) is 9.59 Å². The molecule has 0 saturated carbocycles. The molecule has 0 rings (SSSR count). The largest absolute Gasteiger partial charge is 0.303 e. The van der Waals surface area contributed by atoms with Crippen LogP contribution in [-0.4, -0.2) is 27.8 Å². The number of aldehydes is 1. The molecule has 0 aromatic rings. The second-order valence-electron chi connectivity index (χ2n) is 1.39. The summed E-state index contributed by atoms with van der Waals surface area (Å²) in [5, 5.41) is 15.4. The molecule has 0 aliphatic carbocycles. The van der Waals surface area contributed by atoms with Gasteiger partial charge < -0.3 is 4.79 Å². The van der Waals surface area contributed by atoms with Crippen LogP contribution in [0.25, 0.3) is 0 Å². The molecule has 52 valence electrons. The Labute approximate surface area is 51.4 Å². The molecule has 0 aliphatic rings. The summed E-state index contributed by atoms with van der Waals surface area (Å²) in [5.41, 5.74) is 0. The van der Waals surface area contributed by atoms with E-state index in [-0.39, 0.29) is 12.8 Å². The molecule has 0 unspecified atom stereocenters. The molecule has 0 radical (unpaired) electrons. The van der Waals surface area contributed by atoms with Gasteiger partial charge >= 0.3 is 0 Å². The van der Waals surface area contributed by atoms with Crippen LogP contribution in [0.1, 0.15) is 12.8 Å². The predicted octanol–water partition coefficient (Wildman–Crippen LogP) is -0.427. The quantitative estimate of drug-likeness (QED) is 0.311. The molecule has 0 saturated heterocycles. The fourth-order valence-electron chi connectivity index (χ4n) is 0.282. The molecular weight excluding hydrogens is 126 g/mol. The lowest BCUT2D eigenvalue weighted by Crippen LogP contribution is -2.22. The van der Waals surface area contributed by atoms with Crippen molar-refractivity contribution < 1.29 is 20.0 Å². The van der Waals surface area contributed by atoms with Crippen LogP contribution in [0.3, 0.4) is 0 Å². The third kappa shape index (κ3) is 3.63. The molecule has 0 bridgehead atoms. The SMILES string of the molecule is O=CCCC(=O)N(O)O. The van der Waals surface area contributed by atoms with E-state index in [9.17, 15) is 9.59 Å². The van der Waals surface area contributed by atoms with Crippen LogP contribution >= 0.6 is 0 Å². The average Bonchev–Trinajstić information content (AvgIpc) is 1.82. The van der Waals surface area contributed by atoms with Crippen LogP contribution < -0.4 is 0 Å². The van der Waals surface area contributed by atoms with Gasteiger partial charge in [0.25, 0.3) is 5.91 Å². The van der Waals surface area contributed by atoms with Crippen LogP contribution in [0.15, 0.2) is 0 Å². The zero-order valence-corrected chi connectivity index (χ0v) is 4.65. The van der Waals surface area contributed by atoms with Gasteiger partial charge in [0.1, 0.15) is 6.29 Å². The van der Waals surface area contributed by atoms with Gasteiger partial charge in [-0.3, -0.25) is 15.2 Å². The average molecular weight is 133 g/mol. The Morgan fingerprint density at radius 2 is 2.11 bits per heavy atom.